The van der Waals surface area contributed by atoms with Gasteiger partial charge in [-0.15, -0.1) is 16.4 Å². The molecule has 0 amide bonds. The van der Waals surface area contributed by atoms with Gasteiger partial charge in [-0.05, 0) is 35.9 Å². The first-order valence-electron chi connectivity index (χ1n) is 10.9. The fourth-order valence-corrected chi connectivity index (χ4v) is 4.88. The molecule has 1 fully saturated rings. The smallest absolute Gasteiger partial charge is 0.240 e. The van der Waals surface area contributed by atoms with Crippen molar-refractivity contribution in [2.75, 3.05) is 25.6 Å². The first-order chi connectivity index (χ1) is 17.1. The summed E-state index contributed by atoms with van der Waals surface area (Å²) in [6.07, 6.45) is 1.38. The summed E-state index contributed by atoms with van der Waals surface area (Å²) in [6.45, 7) is 0.177. The van der Waals surface area contributed by atoms with Crippen LogP contribution < -0.4 is 14.8 Å². The van der Waals surface area contributed by atoms with Crippen LogP contribution in [0.1, 0.15) is 0 Å². The molecule has 3 aromatic heterocycles. The van der Waals surface area contributed by atoms with Gasteiger partial charge in [0.1, 0.15) is 17.9 Å². The van der Waals surface area contributed by atoms with Crippen molar-refractivity contribution in [3.8, 4) is 22.8 Å². The Bertz CT molecular complexity index is 1540. The van der Waals surface area contributed by atoms with E-state index in [0.29, 0.717) is 28.4 Å². The normalized spacial score (nSPS) is 17.8. The van der Waals surface area contributed by atoms with Crippen LogP contribution in [0.2, 0.25) is 0 Å². The summed E-state index contributed by atoms with van der Waals surface area (Å²) < 4.78 is 34.1. The van der Waals surface area contributed by atoms with Gasteiger partial charge in [0.2, 0.25) is 5.88 Å². The van der Waals surface area contributed by atoms with Crippen LogP contribution in [0.4, 0.5) is 15.9 Å². The van der Waals surface area contributed by atoms with E-state index >= 15 is 0 Å². The zero-order valence-corrected chi connectivity index (χ0v) is 19.8. The second-order valence-corrected chi connectivity index (χ2v) is 9.07. The molecular formula is C24H21FN6O3S. The van der Waals surface area contributed by atoms with Crippen LogP contribution in [0.3, 0.4) is 0 Å². The monoisotopic (exact) mass is 492 g/mol. The van der Waals surface area contributed by atoms with Crippen LogP contribution in [0.25, 0.3) is 32.2 Å². The molecule has 2 aromatic carbocycles. The Morgan fingerprint density at radius 2 is 2.06 bits per heavy atom. The van der Waals surface area contributed by atoms with Crippen molar-refractivity contribution >= 4 is 44.0 Å². The van der Waals surface area contributed by atoms with Gasteiger partial charge in [0, 0.05) is 18.9 Å². The highest BCUT2D eigenvalue weighted by molar-refractivity contribution is 7.16. The van der Waals surface area contributed by atoms with E-state index in [1.54, 1.807) is 23.1 Å². The highest BCUT2D eigenvalue weighted by atomic mass is 32.1. The van der Waals surface area contributed by atoms with Gasteiger partial charge in [0.25, 0.3) is 0 Å². The van der Waals surface area contributed by atoms with Crippen LogP contribution >= 0.6 is 11.3 Å². The minimum atomic E-state index is -1.23. The summed E-state index contributed by atoms with van der Waals surface area (Å²) in [5.41, 5.74) is 5.77. The molecule has 1 aliphatic rings. The molecule has 0 spiro atoms. The molecule has 11 heteroatoms. The molecule has 0 radical (unpaired) electrons. The summed E-state index contributed by atoms with van der Waals surface area (Å²) in [4.78, 5) is 13.3. The Labute approximate surface area is 203 Å². The van der Waals surface area contributed by atoms with Crippen molar-refractivity contribution in [1.29, 1.82) is 0 Å². The van der Waals surface area contributed by atoms with E-state index in [9.17, 15) is 4.39 Å². The van der Waals surface area contributed by atoms with Gasteiger partial charge in [0.05, 0.1) is 52.5 Å². The number of halogens is 1. The number of anilines is 2. The third-order valence-corrected chi connectivity index (χ3v) is 6.63. The van der Waals surface area contributed by atoms with Gasteiger partial charge in [-0.25, -0.2) is 19.3 Å². The summed E-state index contributed by atoms with van der Waals surface area (Å²) in [6, 6.07) is 9.66. The Hall–Kier alpha value is -3.83. The van der Waals surface area contributed by atoms with E-state index in [4.69, 9.17) is 14.2 Å². The Balaban J connectivity index is 1.49. The summed E-state index contributed by atoms with van der Waals surface area (Å²) in [5, 5.41) is 8.36. The van der Waals surface area contributed by atoms with Crippen LogP contribution in [-0.4, -0.2) is 57.3 Å². The van der Waals surface area contributed by atoms with Crippen molar-refractivity contribution in [1.82, 2.24) is 24.7 Å². The molecule has 1 saturated heterocycles. The number of hydrogen-bond acceptors (Lipinski definition) is 9. The standard InChI is InChI=1S/C24H21FN6O3S/c1-31-8-15(24(30-31)32-2)13-5-18-22(19(6-13)34-20-10-33-9-16(20)25)23(27-11-26-18)29-14-3-4-17-21(7-14)35-12-28-17/h3-8,11-12,16,20H,9-10H2,1-2H3,(H,26,27,29)/t16-,20-/m1/s1. The minimum Gasteiger partial charge on any atom is -0.484 e. The number of aromatic nitrogens is 5. The molecule has 0 unspecified atom stereocenters. The fourth-order valence-electron chi connectivity index (χ4n) is 4.16. The number of aryl methyl sites for hydroxylation is 1. The minimum absolute atomic E-state index is 0.00912. The molecule has 35 heavy (non-hydrogen) atoms. The van der Waals surface area contributed by atoms with E-state index in [-0.39, 0.29) is 13.2 Å². The third-order valence-electron chi connectivity index (χ3n) is 5.84. The first kappa shape index (κ1) is 21.7. The van der Waals surface area contributed by atoms with Crippen LogP contribution in [-0.2, 0) is 11.8 Å². The van der Waals surface area contributed by atoms with E-state index in [1.165, 1.54) is 6.33 Å². The highest BCUT2D eigenvalue weighted by Gasteiger charge is 2.31. The number of nitrogens with zero attached hydrogens (tertiary/aromatic N) is 5. The maximum atomic E-state index is 14.4. The number of rotatable bonds is 6. The molecule has 9 nitrogen and oxygen atoms in total. The van der Waals surface area contributed by atoms with Crippen molar-refractivity contribution in [3.05, 3.63) is 48.4 Å². The van der Waals surface area contributed by atoms with E-state index in [2.05, 4.69) is 25.4 Å². The molecule has 0 bridgehead atoms. The summed E-state index contributed by atoms with van der Waals surface area (Å²) in [5.74, 6) is 1.46. The fraction of sp³-hybridized carbons (Fsp3) is 0.250. The molecule has 1 aliphatic heterocycles. The third kappa shape index (κ3) is 4.02. The summed E-state index contributed by atoms with van der Waals surface area (Å²) >= 11 is 1.56. The molecule has 6 rings (SSSR count). The number of ether oxygens (including phenoxy) is 3. The van der Waals surface area contributed by atoms with Gasteiger partial charge in [-0.2, -0.15) is 0 Å². The van der Waals surface area contributed by atoms with Gasteiger partial charge in [-0.1, -0.05) is 0 Å². The van der Waals surface area contributed by atoms with Crippen LogP contribution in [0.5, 0.6) is 11.6 Å². The lowest BCUT2D eigenvalue weighted by Gasteiger charge is -2.18. The SMILES string of the molecule is COc1nn(C)cc1-c1cc(O[C@@H]2COC[C@H]2F)c2c(Nc3ccc4ncsc4c3)ncnc2c1. The van der Waals surface area contributed by atoms with E-state index < -0.39 is 12.3 Å². The molecule has 5 aromatic rings. The molecule has 0 saturated carbocycles. The first-order valence-corrected chi connectivity index (χ1v) is 11.8. The van der Waals surface area contributed by atoms with Gasteiger partial charge in [0.15, 0.2) is 12.3 Å². The Morgan fingerprint density at radius 1 is 1.14 bits per heavy atom. The second-order valence-electron chi connectivity index (χ2n) is 8.19. The second kappa shape index (κ2) is 8.75. The lowest BCUT2D eigenvalue weighted by atomic mass is 10.0. The van der Waals surface area contributed by atoms with E-state index in [1.807, 2.05) is 49.1 Å². The maximum Gasteiger partial charge on any atom is 0.240 e. The van der Waals surface area contributed by atoms with Gasteiger partial charge < -0.3 is 19.5 Å². The quantitative estimate of drug-likeness (QED) is 0.370. The topological polar surface area (TPSA) is 96.2 Å². The lowest BCUT2D eigenvalue weighted by Crippen LogP contribution is -2.26. The molecular weight excluding hydrogens is 471 g/mol. The highest BCUT2D eigenvalue weighted by Crippen LogP contribution is 2.39. The van der Waals surface area contributed by atoms with Crippen molar-refractivity contribution in [2.24, 2.45) is 7.05 Å². The maximum absolute atomic E-state index is 14.4. The van der Waals surface area contributed by atoms with Gasteiger partial charge >= 0.3 is 0 Å². The average Bonchev–Trinajstić information content (AvgIpc) is 3.58. The van der Waals surface area contributed by atoms with Gasteiger partial charge in [-0.3, -0.25) is 4.68 Å². The van der Waals surface area contributed by atoms with E-state index in [0.717, 1.165) is 27.0 Å². The Kier molecular flexibility index (Phi) is 5.42. The molecule has 2 atom stereocenters. The average molecular weight is 493 g/mol. The number of fused-ring (bicyclic) bond motifs is 2. The number of nitrogens with one attached hydrogen (secondary N) is 1. The van der Waals surface area contributed by atoms with Crippen LogP contribution in [0, 0.1) is 0 Å². The summed E-state index contributed by atoms with van der Waals surface area (Å²) in [7, 11) is 3.39. The largest absolute Gasteiger partial charge is 0.484 e. The number of benzene rings is 2. The van der Waals surface area contributed by atoms with Crippen molar-refractivity contribution < 1.29 is 18.6 Å². The predicted molar refractivity (Wildman–Crippen MR) is 131 cm³/mol. The number of thiazole rings is 1. The Morgan fingerprint density at radius 3 is 2.89 bits per heavy atom. The predicted octanol–water partition coefficient (Wildman–Crippen LogP) is 4.51. The van der Waals surface area contributed by atoms with Crippen molar-refractivity contribution in [3.63, 3.8) is 0 Å². The lowest BCUT2D eigenvalue weighted by molar-refractivity contribution is 0.130. The molecule has 0 aliphatic carbocycles. The number of hydrogen-bond donors (Lipinski definition) is 1. The van der Waals surface area contributed by atoms with Crippen molar-refractivity contribution in [2.45, 2.75) is 12.3 Å². The number of alkyl halides is 1. The zero-order chi connectivity index (χ0) is 23.9. The zero-order valence-electron chi connectivity index (χ0n) is 18.9. The molecule has 178 valence electrons. The number of methoxy groups -OCH3 is 1. The molecule has 4 heterocycles. The van der Waals surface area contributed by atoms with Crippen LogP contribution in [0.15, 0.2) is 48.4 Å². The molecule has 1 N–H and O–H groups in total.